The number of rotatable bonds is 4. The average molecular weight is 190 g/mol. The van der Waals surface area contributed by atoms with Crippen LogP contribution in [0.4, 0.5) is 0 Å². The van der Waals surface area contributed by atoms with Crippen molar-refractivity contribution in [2.24, 2.45) is 0 Å². The molecule has 0 saturated heterocycles. The molecule has 3 nitrogen and oxygen atoms in total. The van der Waals surface area contributed by atoms with E-state index < -0.39 is 5.97 Å². The Balaban J connectivity index is 2.78. The average Bonchev–Trinajstić information content (AvgIpc) is 2.26. The molecule has 0 aliphatic carbocycles. The highest BCUT2D eigenvalue weighted by Gasteiger charge is 2.05. The Bertz CT molecular complexity index is 355. The highest BCUT2D eigenvalue weighted by atomic mass is 16.5. The molecule has 0 radical (unpaired) electrons. The number of hydrogen-bond donors (Lipinski definition) is 0. The SMILES string of the molecule is C=CCOC(=O)c1cccc(C=O)c1. The number of benzene rings is 1. The van der Waals surface area contributed by atoms with Crippen molar-refractivity contribution in [3.8, 4) is 0 Å². The first-order chi connectivity index (χ1) is 6.77. The molecule has 0 heterocycles. The van der Waals surface area contributed by atoms with E-state index in [0.717, 1.165) is 0 Å². The topological polar surface area (TPSA) is 43.4 Å². The van der Waals surface area contributed by atoms with Gasteiger partial charge in [-0.1, -0.05) is 24.8 Å². The van der Waals surface area contributed by atoms with Crippen LogP contribution in [0.3, 0.4) is 0 Å². The lowest BCUT2D eigenvalue weighted by atomic mass is 10.1. The molecule has 0 aromatic heterocycles. The van der Waals surface area contributed by atoms with Crippen LogP contribution in [0, 0.1) is 0 Å². The van der Waals surface area contributed by atoms with Crippen molar-refractivity contribution in [2.45, 2.75) is 0 Å². The highest BCUT2D eigenvalue weighted by Crippen LogP contribution is 2.04. The molecule has 1 aromatic rings. The largest absolute Gasteiger partial charge is 0.458 e. The molecule has 0 saturated carbocycles. The number of ether oxygens (including phenoxy) is 1. The molecule has 1 aromatic carbocycles. The standard InChI is InChI=1S/C11H10O3/c1-2-6-14-11(13)10-5-3-4-9(7-10)8-12/h2-5,7-8H,1,6H2. The first kappa shape index (κ1) is 10.2. The monoisotopic (exact) mass is 190 g/mol. The molecule has 3 heteroatoms. The normalized spacial score (nSPS) is 9.14. The van der Waals surface area contributed by atoms with Crippen molar-refractivity contribution in [3.05, 3.63) is 48.0 Å². The van der Waals surface area contributed by atoms with Gasteiger partial charge in [-0.3, -0.25) is 4.79 Å². The van der Waals surface area contributed by atoms with Gasteiger partial charge < -0.3 is 4.74 Å². The van der Waals surface area contributed by atoms with Crippen molar-refractivity contribution >= 4 is 12.3 Å². The van der Waals surface area contributed by atoms with Crippen LogP contribution in [0.2, 0.25) is 0 Å². The van der Waals surface area contributed by atoms with Crippen molar-refractivity contribution in [1.82, 2.24) is 0 Å². The number of carbonyl (C=O) groups excluding carboxylic acids is 2. The predicted octanol–water partition coefficient (Wildman–Crippen LogP) is 1.84. The van der Waals surface area contributed by atoms with E-state index in [1.165, 1.54) is 12.1 Å². The van der Waals surface area contributed by atoms with E-state index in [-0.39, 0.29) is 6.61 Å². The van der Waals surface area contributed by atoms with Crippen LogP contribution >= 0.6 is 0 Å². The van der Waals surface area contributed by atoms with Crippen LogP contribution in [0.1, 0.15) is 20.7 Å². The Morgan fingerprint density at radius 3 is 2.93 bits per heavy atom. The van der Waals surface area contributed by atoms with Crippen molar-refractivity contribution in [1.29, 1.82) is 0 Å². The van der Waals surface area contributed by atoms with Crippen molar-refractivity contribution in [2.75, 3.05) is 6.61 Å². The Hall–Kier alpha value is -1.90. The van der Waals surface area contributed by atoms with E-state index in [0.29, 0.717) is 17.4 Å². The second-order valence-electron chi connectivity index (χ2n) is 2.63. The van der Waals surface area contributed by atoms with Gasteiger partial charge in [0.2, 0.25) is 0 Å². The first-order valence-corrected chi connectivity index (χ1v) is 4.11. The van der Waals surface area contributed by atoms with E-state index in [4.69, 9.17) is 4.74 Å². The molecule has 0 aliphatic heterocycles. The Morgan fingerprint density at radius 1 is 1.50 bits per heavy atom. The van der Waals surface area contributed by atoms with Crippen LogP contribution in [0.5, 0.6) is 0 Å². The summed E-state index contributed by atoms with van der Waals surface area (Å²) in [7, 11) is 0. The third kappa shape index (κ3) is 2.55. The second kappa shape index (κ2) is 4.97. The molecule has 0 atom stereocenters. The minimum absolute atomic E-state index is 0.171. The summed E-state index contributed by atoms with van der Waals surface area (Å²) in [5.74, 6) is -0.450. The van der Waals surface area contributed by atoms with Crippen LogP contribution in [0.25, 0.3) is 0 Å². The van der Waals surface area contributed by atoms with Crippen molar-refractivity contribution in [3.63, 3.8) is 0 Å². The third-order valence-corrected chi connectivity index (χ3v) is 1.59. The maximum absolute atomic E-state index is 11.3. The summed E-state index contributed by atoms with van der Waals surface area (Å²) >= 11 is 0. The fourth-order valence-corrected chi connectivity index (χ4v) is 0.957. The second-order valence-corrected chi connectivity index (χ2v) is 2.63. The van der Waals surface area contributed by atoms with Crippen LogP contribution in [0.15, 0.2) is 36.9 Å². The highest BCUT2D eigenvalue weighted by molar-refractivity contribution is 5.91. The van der Waals surface area contributed by atoms with Crippen molar-refractivity contribution < 1.29 is 14.3 Å². The molecule has 0 bridgehead atoms. The molecule has 0 amide bonds. The maximum Gasteiger partial charge on any atom is 0.338 e. The van der Waals surface area contributed by atoms with Gasteiger partial charge in [0.25, 0.3) is 0 Å². The molecule has 0 aliphatic rings. The zero-order chi connectivity index (χ0) is 10.4. The fourth-order valence-electron chi connectivity index (χ4n) is 0.957. The number of esters is 1. The smallest absolute Gasteiger partial charge is 0.338 e. The zero-order valence-corrected chi connectivity index (χ0v) is 7.60. The predicted molar refractivity (Wildman–Crippen MR) is 52.3 cm³/mol. The summed E-state index contributed by atoms with van der Waals surface area (Å²) in [5.41, 5.74) is 0.828. The molecular weight excluding hydrogens is 180 g/mol. The Morgan fingerprint density at radius 2 is 2.29 bits per heavy atom. The van der Waals surface area contributed by atoms with Gasteiger partial charge in [-0.05, 0) is 12.1 Å². The molecule has 14 heavy (non-hydrogen) atoms. The van der Waals surface area contributed by atoms with E-state index >= 15 is 0 Å². The van der Waals surface area contributed by atoms with Crippen LogP contribution in [-0.2, 0) is 4.74 Å². The summed E-state index contributed by atoms with van der Waals surface area (Å²) < 4.78 is 4.80. The van der Waals surface area contributed by atoms with E-state index in [2.05, 4.69) is 6.58 Å². The van der Waals surface area contributed by atoms with Gasteiger partial charge in [-0.25, -0.2) is 4.79 Å². The summed E-state index contributed by atoms with van der Waals surface area (Å²) in [6.07, 6.45) is 2.17. The van der Waals surface area contributed by atoms with Gasteiger partial charge in [-0.15, -0.1) is 0 Å². The summed E-state index contributed by atoms with van der Waals surface area (Å²) in [6.45, 7) is 3.60. The van der Waals surface area contributed by atoms with E-state index in [9.17, 15) is 9.59 Å². The maximum atomic E-state index is 11.3. The summed E-state index contributed by atoms with van der Waals surface area (Å²) in [6, 6.07) is 6.34. The fraction of sp³-hybridized carbons (Fsp3) is 0.0909. The van der Waals surface area contributed by atoms with Gasteiger partial charge in [-0.2, -0.15) is 0 Å². The molecule has 0 fully saturated rings. The van der Waals surface area contributed by atoms with Gasteiger partial charge in [0.1, 0.15) is 12.9 Å². The lowest BCUT2D eigenvalue weighted by molar-refractivity contribution is 0.0549. The lowest BCUT2D eigenvalue weighted by Crippen LogP contribution is -2.05. The van der Waals surface area contributed by atoms with Crippen LogP contribution < -0.4 is 0 Å². The van der Waals surface area contributed by atoms with E-state index in [1.54, 1.807) is 18.2 Å². The Kier molecular flexibility index (Phi) is 3.61. The van der Waals surface area contributed by atoms with E-state index in [1.807, 2.05) is 0 Å². The molecule has 72 valence electrons. The summed E-state index contributed by atoms with van der Waals surface area (Å²) in [5, 5.41) is 0. The number of hydrogen-bond acceptors (Lipinski definition) is 3. The minimum atomic E-state index is -0.450. The van der Waals surface area contributed by atoms with Crippen LogP contribution in [-0.4, -0.2) is 18.9 Å². The molecule has 0 unspecified atom stereocenters. The lowest BCUT2D eigenvalue weighted by Gasteiger charge is -2.01. The van der Waals surface area contributed by atoms with Gasteiger partial charge in [0.05, 0.1) is 5.56 Å². The third-order valence-electron chi connectivity index (χ3n) is 1.59. The van der Waals surface area contributed by atoms with Gasteiger partial charge in [0, 0.05) is 5.56 Å². The molecule has 1 rings (SSSR count). The number of carbonyl (C=O) groups is 2. The quantitative estimate of drug-likeness (QED) is 0.413. The van der Waals surface area contributed by atoms with Gasteiger partial charge in [0.15, 0.2) is 0 Å². The molecule has 0 spiro atoms. The molecular formula is C11H10O3. The first-order valence-electron chi connectivity index (χ1n) is 4.11. The zero-order valence-electron chi connectivity index (χ0n) is 7.60. The number of aldehydes is 1. The van der Waals surface area contributed by atoms with Gasteiger partial charge >= 0.3 is 5.97 Å². The molecule has 0 N–H and O–H groups in total. The minimum Gasteiger partial charge on any atom is -0.458 e. The summed E-state index contributed by atoms with van der Waals surface area (Å²) in [4.78, 5) is 21.7. The Labute approximate surface area is 82.0 Å².